The van der Waals surface area contributed by atoms with E-state index in [1.54, 1.807) is 12.1 Å². The van der Waals surface area contributed by atoms with Gasteiger partial charge in [0.15, 0.2) is 0 Å². The van der Waals surface area contributed by atoms with Crippen LogP contribution in [-0.4, -0.2) is 34.7 Å². The molecule has 0 saturated heterocycles. The molecule has 7 heteroatoms. The highest BCUT2D eigenvalue weighted by Crippen LogP contribution is 2.34. The van der Waals surface area contributed by atoms with Crippen molar-refractivity contribution in [2.75, 3.05) is 19.0 Å². The van der Waals surface area contributed by atoms with Crippen LogP contribution in [0.25, 0.3) is 10.2 Å². The van der Waals surface area contributed by atoms with Crippen LogP contribution in [0.5, 0.6) is 5.75 Å². The molecule has 3 rings (SSSR count). The lowest BCUT2D eigenvalue weighted by atomic mass is 10.1. The maximum Gasteiger partial charge on any atom is 0.348 e. The Morgan fingerprint density at radius 1 is 1.24 bits per heavy atom. The van der Waals surface area contributed by atoms with Gasteiger partial charge in [-0.15, -0.1) is 11.3 Å². The van der Waals surface area contributed by atoms with Crippen LogP contribution >= 0.6 is 11.3 Å². The second kappa shape index (κ2) is 7.06. The summed E-state index contributed by atoms with van der Waals surface area (Å²) in [5.41, 5.74) is 1.95. The number of nitrogens with zero attached hydrogens (tertiary/aromatic N) is 2. The van der Waals surface area contributed by atoms with Gasteiger partial charge in [-0.2, -0.15) is 0 Å². The molecule has 0 spiro atoms. The number of aromatic hydroxyl groups is 1. The van der Waals surface area contributed by atoms with Gasteiger partial charge >= 0.3 is 5.97 Å². The van der Waals surface area contributed by atoms with Crippen molar-refractivity contribution in [2.24, 2.45) is 0 Å². The molecule has 0 bridgehead atoms. The molecule has 3 aromatic rings. The van der Waals surface area contributed by atoms with E-state index in [0.29, 0.717) is 17.2 Å². The minimum absolute atomic E-state index is 0.258. The molecule has 6 nitrogen and oxygen atoms in total. The SMILES string of the molecule is COC(=O)c1sc2nc(C)nc(NCCc3ccc(O)cc3)c2c1C. The molecular weight excluding hydrogens is 338 g/mol. The molecule has 1 aromatic carbocycles. The molecule has 2 heterocycles. The highest BCUT2D eigenvalue weighted by atomic mass is 32.1. The molecule has 0 unspecified atom stereocenters. The molecule has 0 aliphatic carbocycles. The van der Waals surface area contributed by atoms with Crippen LogP contribution in [0.1, 0.15) is 26.6 Å². The summed E-state index contributed by atoms with van der Waals surface area (Å²) in [5, 5.41) is 13.5. The number of anilines is 1. The molecule has 0 radical (unpaired) electrons. The lowest BCUT2D eigenvalue weighted by Crippen LogP contribution is -2.08. The van der Waals surface area contributed by atoms with E-state index in [0.717, 1.165) is 33.6 Å². The van der Waals surface area contributed by atoms with Crippen molar-refractivity contribution in [3.05, 3.63) is 46.1 Å². The number of hydrogen-bond acceptors (Lipinski definition) is 7. The number of esters is 1. The molecule has 25 heavy (non-hydrogen) atoms. The number of fused-ring (bicyclic) bond motifs is 1. The van der Waals surface area contributed by atoms with Crippen molar-refractivity contribution in [3.8, 4) is 5.75 Å². The van der Waals surface area contributed by atoms with Gasteiger partial charge in [0.2, 0.25) is 0 Å². The number of methoxy groups -OCH3 is 1. The number of ether oxygens (including phenoxy) is 1. The van der Waals surface area contributed by atoms with Crippen molar-refractivity contribution in [1.82, 2.24) is 9.97 Å². The standard InChI is InChI=1S/C18H19N3O3S/c1-10-14-16(19-9-8-12-4-6-13(22)7-5-12)20-11(2)21-17(14)25-15(10)18(23)24-3/h4-7,22H,8-9H2,1-3H3,(H,19,20,21). The maximum atomic E-state index is 11.9. The van der Waals surface area contributed by atoms with Gasteiger partial charge in [-0.1, -0.05) is 12.1 Å². The second-order valence-corrected chi connectivity index (χ2v) is 6.69. The first-order valence-corrected chi connectivity index (χ1v) is 8.69. The van der Waals surface area contributed by atoms with E-state index in [1.807, 2.05) is 26.0 Å². The Bertz CT molecular complexity index is 919. The Balaban J connectivity index is 1.86. The molecule has 0 saturated carbocycles. The van der Waals surface area contributed by atoms with E-state index >= 15 is 0 Å². The fourth-order valence-electron chi connectivity index (χ4n) is 2.65. The molecule has 0 amide bonds. The summed E-state index contributed by atoms with van der Waals surface area (Å²) >= 11 is 1.32. The average Bonchev–Trinajstić information content (AvgIpc) is 2.92. The number of nitrogens with one attached hydrogen (secondary N) is 1. The van der Waals surface area contributed by atoms with Crippen molar-refractivity contribution in [3.63, 3.8) is 0 Å². The van der Waals surface area contributed by atoms with E-state index in [4.69, 9.17) is 4.74 Å². The van der Waals surface area contributed by atoms with Crippen molar-refractivity contribution in [2.45, 2.75) is 20.3 Å². The molecule has 2 aromatic heterocycles. The summed E-state index contributed by atoms with van der Waals surface area (Å²) in [4.78, 5) is 22.2. The lowest BCUT2D eigenvalue weighted by molar-refractivity contribution is 0.0605. The van der Waals surface area contributed by atoms with Gasteiger partial charge < -0.3 is 15.2 Å². The van der Waals surface area contributed by atoms with E-state index < -0.39 is 0 Å². The predicted molar refractivity (Wildman–Crippen MR) is 98.5 cm³/mol. The fourth-order valence-corrected chi connectivity index (χ4v) is 3.79. The number of carbonyl (C=O) groups excluding carboxylic acids is 1. The maximum absolute atomic E-state index is 11.9. The fraction of sp³-hybridized carbons (Fsp3) is 0.278. The normalized spacial score (nSPS) is 10.8. The Kier molecular flexibility index (Phi) is 4.85. The summed E-state index contributed by atoms with van der Waals surface area (Å²) in [6.07, 6.45) is 0.790. The lowest BCUT2D eigenvalue weighted by Gasteiger charge is -2.09. The minimum Gasteiger partial charge on any atom is -0.508 e. The number of thiophene rings is 1. The van der Waals surface area contributed by atoms with Gasteiger partial charge in [-0.3, -0.25) is 0 Å². The molecule has 0 aliphatic heterocycles. The van der Waals surface area contributed by atoms with Crippen LogP contribution in [0.4, 0.5) is 5.82 Å². The quantitative estimate of drug-likeness (QED) is 0.680. The summed E-state index contributed by atoms with van der Waals surface area (Å²) < 4.78 is 4.85. The van der Waals surface area contributed by atoms with Crippen molar-refractivity contribution in [1.29, 1.82) is 0 Å². The van der Waals surface area contributed by atoms with Crippen LogP contribution in [0.15, 0.2) is 24.3 Å². The summed E-state index contributed by atoms with van der Waals surface area (Å²) in [6.45, 7) is 4.39. The third-order valence-electron chi connectivity index (χ3n) is 3.92. The first-order valence-electron chi connectivity index (χ1n) is 7.87. The first-order chi connectivity index (χ1) is 12.0. The summed E-state index contributed by atoms with van der Waals surface area (Å²) in [6, 6.07) is 7.13. The van der Waals surface area contributed by atoms with Gasteiger partial charge in [0.25, 0.3) is 0 Å². The van der Waals surface area contributed by atoms with Crippen LogP contribution in [0, 0.1) is 13.8 Å². The van der Waals surface area contributed by atoms with Crippen molar-refractivity contribution >= 4 is 33.3 Å². The molecule has 130 valence electrons. The number of phenolic OH excluding ortho intramolecular Hbond substituents is 1. The third kappa shape index (κ3) is 3.56. The molecule has 2 N–H and O–H groups in total. The minimum atomic E-state index is -0.354. The second-order valence-electron chi connectivity index (χ2n) is 5.69. The van der Waals surface area contributed by atoms with Crippen LogP contribution in [-0.2, 0) is 11.2 Å². The van der Waals surface area contributed by atoms with Gasteiger partial charge in [0.05, 0.1) is 12.5 Å². The van der Waals surface area contributed by atoms with E-state index in [2.05, 4.69) is 15.3 Å². The van der Waals surface area contributed by atoms with E-state index in [9.17, 15) is 9.90 Å². The highest BCUT2D eigenvalue weighted by Gasteiger charge is 2.20. The zero-order valence-electron chi connectivity index (χ0n) is 14.3. The molecular formula is C18H19N3O3S. The van der Waals surface area contributed by atoms with Gasteiger partial charge in [0.1, 0.15) is 27.1 Å². The predicted octanol–water partition coefficient (Wildman–Crippen LogP) is 3.45. The third-order valence-corrected chi connectivity index (χ3v) is 5.08. The molecule has 0 fully saturated rings. The number of hydrogen-bond donors (Lipinski definition) is 2. The van der Waals surface area contributed by atoms with Crippen LogP contribution in [0.3, 0.4) is 0 Å². The Hall–Kier alpha value is -2.67. The van der Waals surface area contributed by atoms with Gasteiger partial charge in [-0.05, 0) is 43.5 Å². The smallest absolute Gasteiger partial charge is 0.348 e. The number of benzene rings is 1. The number of carbonyl (C=O) groups is 1. The van der Waals surface area contributed by atoms with Crippen LogP contribution < -0.4 is 5.32 Å². The number of phenols is 1. The number of aryl methyl sites for hydroxylation is 2. The zero-order chi connectivity index (χ0) is 18.0. The Labute approximate surface area is 149 Å². The van der Waals surface area contributed by atoms with Crippen molar-refractivity contribution < 1.29 is 14.6 Å². The first kappa shape index (κ1) is 17.2. The largest absolute Gasteiger partial charge is 0.508 e. The summed E-state index contributed by atoms with van der Waals surface area (Å²) in [5.74, 6) is 1.28. The molecule has 0 aliphatic rings. The number of rotatable bonds is 5. The number of aromatic nitrogens is 2. The highest BCUT2D eigenvalue weighted by molar-refractivity contribution is 7.20. The monoisotopic (exact) mass is 357 g/mol. The van der Waals surface area contributed by atoms with Gasteiger partial charge in [-0.25, -0.2) is 14.8 Å². The zero-order valence-corrected chi connectivity index (χ0v) is 15.1. The average molecular weight is 357 g/mol. The van der Waals surface area contributed by atoms with E-state index in [1.165, 1.54) is 18.4 Å². The van der Waals surface area contributed by atoms with Gasteiger partial charge in [0, 0.05) is 6.54 Å². The summed E-state index contributed by atoms with van der Waals surface area (Å²) in [7, 11) is 1.37. The van der Waals surface area contributed by atoms with E-state index in [-0.39, 0.29) is 11.7 Å². The Morgan fingerprint density at radius 2 is 1.96 bits per heavy atom. The Morgan fingerprint density at radius 3 is 2.64 bits per heavy atom. The topological polar surface area (TPSA) is 84.3 Å². The molecule has 0 atom stereocenters. The van der Waals surface area contributed by atoms with Crippen LogP contribution in [0.2, 0.25) is 0 Å².